The van der Waals surface area contributed by atoms with E-state index in [0.29, 0.717) is 5.82 Å². The third-order valence-corrected chi connectivity index (χ3v) is 2.50. The number of hydrogen-bond donors (Lipinski definition) is 2. The van der Waals surface area contributed by atoms with Gasteiger partial charge in [0.1, 0.15) is 10.8 Å². The van der Waals surface area contributed by atoms with Crippen molar-refractivity contribution >= 4 is 23.1 Å². The summed E-state index contributed by atoms with van der Waals surface area (Å²) in [6.07, 6.45) is 1.29. The second kappa shape index (κ2) is 4.88. The number of H-pyrrole nitrogens is 1. The molecule has 0 fully saturated rings. The number of aromatic amines is 1. The Morgan fingerprint density at radius 3 is 2.71 bits per heavy atom. The third kappa shape index (κ3) is 2.57. The SMILES string of the molecule is COc1ccc(Nc2nc[nH]c(=O)c2Cl)cc1. The highest BCUT2D eigenvalue weighted by Crippen LogP contribution is 2.21. The average molecular weight is 252 g/mol. The van der Waals surface area contributed by atoms with E-state index >= 15 is 0 Å². The van der Waals surface area contributed by atoms with Crippen molar-refractivity contribution in [2.24, 2.45) is 0 Å². The zero-order valence-electron chi connectivity index (χ0n) is 9.03. The summed E-state index contributed by atoms with van der Waals surface area (Å²) in [7, 11) is 1.59. The van der Waals surface area contributed by atoms with Crippen LogP contribution in [0.1, 0.15) is 0 Å². The minimum Gasteiger partial charge on any atom is -0.497 e. The first kappa shape index (κ1) is 11.5. The molecular formula is C11H10ClN3O2. The number of aromatic nitrogens is 2. The predicted octanol–water partition coefficient (Wildman–Crippen LogP) is 2.18. The first-order chi connectivity index (χ1) is 8.20. The Kier molecular flexibility index (Phi) is 3.30. The van der Waals surface area contributed by atoms with Crippen molar-refractivity contribution in [2.45, 2.75) is 0 Å². The molecule has 0 bridgehead atoms. The highest BCUT2D eigenvalue weighted by Gasteiger charge is 2.05. The highest BCUT2D eigenvalue weighted by atomic mass is 35.5. The lowest BCUT2D eigenvalue weighted by Crippen LogP contribution is -2.09. The third-order valence-electron chi connectivity index (χ3n) is 2.15. The molecule has 1 aromatic heterocycles. The largest absolute Gasteiger partial charge is 0.497 e. The smallest absolute Gasteiger partial charge is 0.271 e. The van der Waals surface area contributed by atoms with Crippen LogP contribution < -0.4 is 15.6 Å². The molecule has 6 heteroatoms. The van der Waals surface area contributed by atoms with Crippen molar-refractivity contribution in [2.75, 3.05) is 12.4 Å². The molecule has 2 rings (SSSR count). The van der Waals surface area contributed by atoms with Gasteiger partial charge in [-0.05, 0) is 24.3 Å². The molecule has 0 radical (unpaired) electrons. The molecule has 0 amide bonds. The van der Waals surface area contributed by atoms with Crippen LogP contribution in [0.15, 0.2) is 35.4 Å². The minimum absolute atomic E-state index is 0.0309. The molecule has 0 aliphatic heterocycles. The van der Waals surface area contributed by atoms with E-state index in [2.05, 4.69) is 15.3 Å². The highest BCUT2D eigenvalue weighted by molar-refractivity contribution is 6.32. The van der Waals surface area contributed by atoms with Crippen molar-refractivity contribution < 1.29 is 4.74 Å². The lowest BCUT2D eigenvalue weighted by Gasteiger charge is -2.07. The Bertz CT molecular complexity index is 566. The molecule has 0 unspecified atom stereocenters. The normalized spacial score (nSPS) is 10.0. The van der Waals surface area contributed by atoms with Crippen LogP contribution in [0.2, 0.25) is 5.02 Å². The molecule has 5 nitrogen and oxygen atoms in total. The number of ether oxygens (including phenoxy) is 1. The van der Waals surface area contributed by atoms with Crippen LogP contribution in [0, 0.1) is 0 Å². The molecule has 0 saturated heterocycles. The van der Waals surface area contributed by atoms with Gasteiger partial charge in [0.15, 0.2) is 5.82 Å². The first-order valence-corrected chi connectivity index (χ1v) is 5.23. The lowest BCUT2D eigenvalue weighted by atomic mass is 10.3. The van der Waals surface area contributed by atoms with Crippen molar-refractivity contribution in [3.05, 3.63) is 46.0 Å². The molecular weight excluding hydrogens is 242 g/mol. The number of rotatable bonds is 3. The molecule has 88 valence electrons. The topological polar surface area (TPSA) is 67.0 Å². The quantitative estimate of drug-likeness (QED) is 0.877. The maximum atomic E-state index is 11.2. The Morgan fingerprint density at radius 1 is 1.35 bits per heavy atom. The number of benzene rings is 1. The van der Waals surface area contributed by atoms with Crippen LogP contribution in [0.4, 0.5) is 11.5 Å². The zero-order chi connectivity index (χ0) is 12.3. The molecule has 0 spiro atoms. The summed E-state index contributed by atoms with van der Waals surface area (Å²) in [4.78, 5) is 17.6. The summed E-state index contributed by atoms with van der Waals surface area (Å²) in [6.45, 7) is 0. The van der Waals surface area contributed by atoms with Crippen LogP contribution in [-0.4, -0.2) is 17.1 Å². The summed E-state index contributed by atoms with van der Waals surface area (Å²) in [6, 6.07) is 7.20. The fourth-order valence-electron chi connectivity index (χ4n) is 1.28. The van der Waals surface area contributed by atoms with E-state index < -0.39 is 0 Å². The number of methoxy groups -OCH3 is 1. The lowest BCUT2D eigenvalue weighted by molar-refractivity contribution is 0.415. The Labute approximate surface area is 102 Å². The number of halogens is 1. The van der Waals surface area contributed by atoms with Crippen LogP contribution >= 0.6 is 11.6 Å². The van der Waals surface area contributed by atoms with E-state index in [1.807, 2.05) is 0 Å². The summed E-state index contributed by atoms with van der Waals surface area (Å²) >= 11 is 5.81. The van der Waals surface area contributed by atoms with Gasteiger partial charge in [0.2, 0.25) is 0 Å². The molecule has 0 saturated carbocycles. The number of nitrogens with one attached hydrogen (secondary N) is 2. The summed E-state index contributed by atoms with van der Waals surface area (Å²) in [5, 5.41) is 2.98. The maximum Gasteiger partial charge on any atom is 0.271 e. The molecule has 0 atom stereocenters. The van der Waals surface area contributed by atoms with Gasteiger partial charge in [-0.2, -0.15) is 0 Å². The van der Waals surface area contributed by atoms with Crippen LogP contribution in [0.5, 0.6) is 5.75 Å². The Hall–Kier alpha value is -2.01. The predicted molar refractivity (Wildman–Crippen MR) is 66.1 cm³/mol. The summed E-state index contributed by atoms with van der Waals surface area (Å²) < 4.78 is 5.04. The van der Waals surface area contributed by atoms with Crippen molar-refractivity contribution in [1.29, 1.82) is 0 Å². The number of anilines is 2. The minimum atomic E-state index is -0.377. The van der Waals surface area contributed by atoms with E-state index in [4.69, 9.17) is 16.3 Å². The number of nitrogens with zero attached hydrogens (tertiary/aromatic N) is 1. The molecule has 1 heterocycles. The Morgan fingerprint density at radius 2 is 2.06 bits per heavy atom. The van der Waals surface area contributed by atoms with Gasteiger partial charge < -0.3 is 15.0 Å². The van der Waals surface area contributed by atoms with Gasteiger partial charge >= 0.3 is 0 Å². The second-order valence-electron chi connectivity index (χ2n) is 3.25. The van der Waals surface area contributed by atoms with Crippen molar-refractivity contribution in [3.63, 3.8) is 0 Å². The Balaban J connectivity index is 2.25. The van der Waals surface area contributed by atoms with E-state index in [-0.39, 0.29) is 10.6 Å². The number of hydrogen-bond acceptors (Lipinski definition) is 4. The molecule has 0 aliphatic carbocycles. The van der Waals surface area contributed by atoms with Gasteiger partial charge in [0.25, 0.3) is 5.56 Å². The fourth-order valence-corrected chi connectivity index (χ4v) is 1.43. The fraction of sp³-hybridized carbons (Fsp3) is 0.0909. The molecule has 17 heavy (non-hydrogen) atoms. The van der Waals surface area contributed by atoms with E-state index in [0.717, 1.165) is 11.4 Å². The summed E-state index contributed by atoms with van der Waals surface area (Å²) in [5.74, 6) is 1.07. The van der Waals surface area contributed by atoms with Crippen molar-refractivity contribution in [1.82, 2.24) is 9.97 Å². The zero-order valence-corrected chi connectivity index (χ0v) is 9.78. The molecule has 0 aliphatic rings. The maximum absolute atomic E-state index is 11.2. The van der Waals surface area contributed by atoms with E-state index in [1.54, 1.807) is 31.4 Å². The van der Waals surface area contributed by atoms with E-state index in [9.17, 15) is 4.79 Å². The van der Waals surface area contributed by atoms with Gasteiger partial charge in [-0.15, -0.1) is 0 Å². The standard InChI is InChI=1S/C11H10ClN3O2/c1-17-8-4-2-7(3-5-8)15-10-9(12)11(16)14-6-13-10/h2-6H,1H3,(H2,13,14,15,16). The van der Waals surface area contributed by atoms with Gasteiger partial charge in [-0.1, -0.05) is 11.6 Å². The molecule has 2 aromatic rings. The second-order valence-corrected chi connectivity index (χ2v) is 3.63. The summed E-state index contributed by atoms with van der Waals surface area (Å²) in [5.41, 5.74) is 0.392. The van der Waals surface area contributed by atoms with Crippen LogP contribution in [-0.2, 0) is 0 Å². The monoisotopic (exact) mass is 251 g/mol. The van der Waals surface area contributed by atoms with Crippen molar-refractivity contribution in [3.8, 4) is 5.75 Å². The molecule has 2 N–H and O–H groups in total. The van der Waals surface area contributed by atoms with Gasteiger partial charge in [-0.3, -0.25) is 4.79 Å². The molecule has 1 aromatic carbocycles. The van der Waals surface area contributed by atoms with E-state index in [1.165, 1.54) is 6.33 Å². The van der Waals surface area contributed by atoms with Gasteiger partial charge in [-0.25, -0.2) is 4.98 Å². The van der Waals surface area contributed by atoms with Gasteiger partial charge in [0, 0.05) is 5.69 Å². The van der Waals surface area contributed by atoms with Crippen LogP contribution in [0.25, 0.3) is 0 Å². The average Bonchev–Trinajstić information content (AvgIpc) is 2.36. The van der Waals surface area contributed by atoms with Gasteiger partial charge in [0.05, 0.1) is 13.4 Å². The first-order valence-electron chi connectivity index (χ1n) is 4.85. The van der Waals surface area contributed by atoms with Crippen LogP contribution in [0.3, 0.4) is 0 Å².